The van der Waals surface area contributed by atoms with E-state index in [1.54, 1.807) is 39.6 Å². The number of aliphatic hydroxyl groups is 1. The highest BCUT2D eigenvalue weighted by Gasteiger charge is 2.61. The van der Waals surface area contributed by atoms with Crippen LogP contribution in [0.3, 0.4) is 0 Å². The topological polar surface area (TPSA) is 238 Å². The number of aryl methyl sites for hydroxylation is 1. The number of thioether (sulfide) groups is 1. The van der Waals surface area contributed by atoms with Crippen molar-refractivity contribution in [1.29, 1.82) is 0 Å². The molecule has 3 aromatic rings. The highest BCUT2D eigenvalue weighted by atomic mass is 35.5. The van der Waals surface area contributed by atoms with Gasteiger partial charge in [-0.2, -0.15) is 0 Å². The van der Waals surface area contributed by atoms with Crippen molar-refractivity contribution in [2.24, 2.45) is 29.6 Å². The quantitative estimate of drug-likeness (QED) is 0.0730. The predicted octanol–water partition coefficient (Wildman–Crippen LogP) is 9.07. The molecule has 7 unspecified atom stereocenters. The molecular formula is C56H81Cl2N7O12S. The van der Waals surface area contributed by atoms with E-state index < -0.39 is 88.5 Å². The number of ether oxygens (including phenoxy) is 7. The number of aromatic nitrogens is 4. The normalized spacial score (nSPS) is 32.1. The molecule has 1 aliphatic carbocycles. The Morgan fingerprint density at radius 1 is 0.987 bits per heavy atom. The number of pyridine rings is 2. The zero-order chi connectivity index (χ0) is 57.6. The lowest BCUT2D eigenvalue weighted by Crippen LogP contribution is -2.57. The van der Waals surface area contributed by atoms with Crippen molar-refractivity contribution in [3.05, 3.63) is 65.2 Å². The lowest BCUT2D eigenvalue weighted by molar-refractivity contribution is -0.271. The Balaban J connectivity index is 0.000000723. The van der Waals surface area contributed by atoms with Crippen molar-refractivity contribution in [3.8, 4) is 0 Å². The summed E-state index contributed by atoms with van der Waals surface area (Å²) in [4.78, 5) is 71.8. The van der Waals surface area contributed by atoms with Crippen LogP contribution in [0.4, 0.5) is 11.5 Å². The summed E-state index contributed by atoms with van der Waals surface area (Å²) in [6, 6.07) is 0.182. The average molecular weight is 1150 g/mol. The summed E-state index contributed by atoms with van der Waals surface area (Å²) >= 11 is 13.9. The van der Waals surface area contributed by atoms with Gasteiger partial charge in [-0.25, -0.2) is 9.97 Å². The molecule has 0 spiro atoms. The molecule has 22 heteroatoms. The first-order chi connectivity index (χ1) is 36.8. The fourth-order valence-electron chi connectivity index (χ4n) is 11.7. The van der Waals surface area contributed by atoms with Gasteiger partial charge >= 0.3 is 11.9 Å². The van der Waals surface area contributed by atoms with Crippen LogP contribution < -0.4 is 11.1 Å². The maximum Gasteiger partial charge on any atom is 0.320 e. The van der Waals surface area contributed by atoms with Crippen LogP contribution in [0.1, 0.15) is 117 Å². The summed E-state index contributed by atoms with van der Waals surface area (Å²) in [5, 5.41) is 14.1. The van der Waals surface area contributed by atoms with Gasteiger partial charge in [-0.1, -0.05) is 64.1 Å². The van der Waals surface area contributed by atoms with Crippen LogP contribution in [-0.2, 0) is 54.1 Å². The lowest BCUT2D eigenvalue weighted by atomic mass is 9.70. The van der Waals surface area contributed by atoms with E-state index in [-0.39, 0.29) is 64.4 Å². The number of halogens is 2. The number of aliphatic hydroxyl groups excluding tert-OH is 1. The van der Waals surface area contributed by atoms with E-state index in [2.05, 4.69) is 38.3 Å². The number of Topliss-reactive ketones (excluding diaryl/α,β-unsaturated/α-hetero) is 1. The maximum atomic E-state index is 14.9. The SMILES string of the molecule is C=C(OC)C(=C)OC1CCCC1.CC[C@H]1OC(=O)C(C)[C@@H](O)[C@H](C)[C@@H](O[C@H]2CC(N(C)C)CC(C)O2)C(C)(OC)C[C@@H](C)C(=O)C(C)C2C(SCCn3cnc4c(N)ncc(C(=O)Nc5c(Cl)cncc5Cl)c43)C(=O)O[C@@]21C. The number of ketones is 1. The smallest absolute Gasteiger partial charge is 0.320 e. The van der Waals surface area contributed by atoms with Crippen molar-refractivity contribution >= 4 is 81.1 Å². The summed E-state index contributed by atoms with van der Waals surface area (Å²) in [6.07, 6.45) is 8.77. The number of methoxy groups -OCH3 is 2. The third-order valence-corrected chi connectivity index (χ3v) is 18.1. The van der Waals surface area contributed by atoms with Gasteiger partial charge in [0, 0.05) is 74.1 Å². The molecule has 3 aromatic heterocycles. The van der Waals surface area contributed by atoms with Crippen LogP contribution in [0.2, 0.25) is 10.0 Å². The van der Waals surface area contributed by atoms with E-state index in [4.69, 9.17) is 62.1 Å². The number of fused-ring (bicyclic) bond motifs is 2. The Bertz CT molecular complexity index is 2620. The third-order valence-electron chi connectivity index (χ3n) is 16.2. The number of hydrogen-bond acceptors (Lipinski definition) is 18. The second kappa shape index (κ2) is 26.8. The van der Waals surface area contributed by atoms with Gasteiger partial charge in [-0.15, -0.1) is 11.8 Å². The minimum absolute atomic E-state index is 0.0982. The molecule has 14 atom stereocenters. The van der Waals surface area contributed by atoms with Crippen molar-refractivity contribution in [3.63, 3.8) is 0 Å². The summed E-state index contributed by atoms with van der Waals surface area (Å²) in [5.41, 5.74) is 4.65. The minimum Gasteiger partial charge on any atom is -0.494 e. The van der Waals surface area contributed by atoms with Gasteiger partial charge in [-0.05, 0) is 86.7 Å². The zero-order valence-electron chi connectivity index (χ0n) is 47.2. The summed E-state index contributed by atoms with van der Waals surface area (Å²) in [6.45, 7) is 22.1. The van der Waals surface area contributed by atoms with E-state index in [0.29, 0.717) is 40.8 Å². The van der Waals surface area contributed by atoms with Crippen LogP contribution in [0.15, 0.2) is 49.6 Å². The van der Waals surface area contributed by atoms with Crippen molar-refractivity contribution in [1.82, 2.24) is 24.4 Å². The number of nitrogens with zero attached hydrogens (tertiary/aromatic N) is 5. The van der Waals surface area contributed by atoms with Crippen molar-refractivity contribution in [2.75, 3.05) is 45.1 Å². The number of anilines is 2. The average Bonchev–Trinajstić information content (AvgIpc) is 4.18. The Morgan fingerprint density at radius 2 is 1.65 bits per heavy atom. The molecule has 0 bridgehead atoms. The molecule has 432 valence electrons. The number of carbonyl (C=O) groups excluding carboxylic acids is 4. The number of cyclic esters (lactones) is 1. The molecule has 19 nitrogen and oxygen atoms in total. The molecule has 4 fully saturated rings. The van der Waals surface area contributed by atoms with Gasteiger partial charge in [0.15, 0.2) is 29.2 Å². The number of rotatable bonds is 15. The number of esters is 2. The third kappa shape index (κ3) is 14.0. The van der Waals surface area contributed by atoms with E-state index in [0.717, 1.165) is 19.3 Å². The first-order valence-corrected chi connectivity index (χ1v) is 28.7. The van der Waals surface area contributed by atoms with Gasteiger partial charge in [0.2, 0.25) is 0 Å². The number of imidazole rings is 1. The molecule has 1 amide bonds. The predicted molar refractivity (Wildman–Crippen MR) is 301 cm³/mol. The summed E-state index contributed by atoms with van der Waals surface area (Å²) in [5.74, 6) is -4.28. The number of nitrogens with two attached hydrogens (primary N) is 1. The number of nitrogen functional groups attached to an aromatic ring is 1. The van der Waals surface area contributed by atoms with Gasteiger partial charge < -0.3 is 58.8 Å². The Morgan fingerprint density at radius 3 is 2.27 bits per heavy atom. The number of amides is 1. The van der Waals surface area contributed by atoms with Crippen molar-refractivity contribution in [2.45, 2.75) is 173 Å². The number of carbonyl (C=O) groups is 4. The van der Waals surface area contributed by atoms with Gasteiger partial charge in [-0.3, -0.25) is 24.2 Å². The van der Waals surface area contributed by atoms with Crippen LogP contribution in [0, 0.1) is 29.6 Å². The van der Waals surface area contributed by atoms with Gasteiger partial charge in [0.1, 0.15) is 22.7 Å². The van der Waals surface area contributed by atoms with Crippen LogP contribution >= 0.6 is 35.0 Å². The maximum absolute atomic E-state index is 14.9. The minimum atomic E-state index is -1.43. The van der Waals surface area contributed by atoms with E-state index in [1.807, 2.05) is 48.7 Å². The summed E-state index contributed by atoms with van der Waals surface area (Å²) in [7, 11) is 7.16. The fraction of sp³-hybridized carbons (Fsp3) is 0.661. The van der Waals surface area contributed by atoms with Crippen LogP contribution in [0.25, 0.3) is 11.0 Å². The Kier molecular flexibility index (Phi) is 21.5. The van der Waals surface area contributed by atoms with E-state index in [9.17, 15) is 24.3 Å². The zero-order valence-corrected chi connectivity index (χ0v) is 49.5. The monoisotopic (exact) mass is 1150 g/mol. The molecular weight excluding hydrogens is 1070 g/mol. The molecule has 3 saturated heterocycles. The number of nitrogens with one attached hydrogen (secondary N) is 1. The van der Waals surface area contributed by atoms with Gasteiger partial charge in [0.05, 0.1) is 76.2 Å². The summed E-state index contributed by atoms with van der Waals surface area (Å²) < 4.78 is 44.1. The van der Waals surface area contributed by atoms with Gasteiger partial charge in [0.25, 0.3) is 5.91 Å². The molecule has 78 heavy (non-hydrogen) atoms. The lowest BCUT2D eigenvalue weighted by Gasteiger charge is -2.47. The highest BCUT2D eigenvalue weighted by molar-refractivity contribution is 8.00. The highest BCUT2D eigenvalue weighted by Crippen LogP contribution is 2.49. The molecule has 3 aliphatic heterocycles. The first kappa shape index (κ1) is 62.7. The molecule has 0 radical (unpaired) electrons. The molecule has 0 aromatic carbocycles. The second-order valence-electron chi connectivity index (χ2n) is 21.9. The standard InChI is InChI=1S/C46H65Cl2N7O10S.C10H16O2/c1-12-31-46(8)33(39(44(60)65-46)66-14-13-55-21-52-35-36(55)28(18-51-41(35)49)42(58)53-34-29(47)19-50-20-30(34)48)24(4)37(56)22(2)17-45(7,61-11)40(25(5)38(57)26(6)43(59)63-31)64-32-16-27(54(9)10)15-23(3)62-32;1-8(11-3)9(2)12-10-6-4-5-7-10/h18-27,31-33,38-40,57H,12-17H2,1-11H3,(H2,49,51)(H,50,53,58);10H,1-2,4-7H2,3H3/t22-,23?,24?,25+,26?,27?,31-,32+,33?,38+,39?,40-,45?,46-;/m1./s1. The second-order valence-corrected chi connectivity index (χ2v) is 24.0. The number of hydrogen-bond donors (Lipinski definition) is 3. The van der Waals surface area contributed by atoms with Crippen molar-refractivity contribution < 1.29 is 57.4 Å². The first-order valence-electron chi connectivity index (χ1n) is 26.9. The van der Waals surface area contributed by atoms with E-state index >= 15 is 0 Å². The van der Waals surface area contributed by atoms with E-state index in [1.165, 1.54) is 49.5 Å². The Labute approximate surface area is 473 Å². The Hall–Kier alpha value is -4.54. The van der Waals surface area contributed by atoms with Crippen LogP contribution in [-0.4, -0.2) is 147 Å². The molecule has 7 rings (SSSR count). The molecule has 4 N–H and O–H groups in total. The fourth-order valence-corrected chi connectivity index (χ4v) is 13.6. The molecule has 6 heterocycles. The largest absolute Gasteiger partial charge is 0.494 e. The molecule has 1 saturated carbocycles. The van der Waals surface area contributed by atoms with Crippen LogP contribution in [0.5, 0.6) is 0 Å². The molecule has 4 aliphatic rings.